The highest BCUT2D eigenvalue weighted by atomic mass is 19.4. The van der Waals surface area contributed by atoms with Crippen LogP contribution in [0.25, 0.3) is 5.57 Å². The molecule has 35 heavy (non-hydrogen) atoms. The van der Waals surface area contributed by atoms with Crippen LogP contribution in [-0.4, -0.2) is 50.0 Å². The first-order valence-electron chi connectivity index (χ1n) is 11.9. The SMILES string of the molecule is C[C@@H]1CC2=C(Cc3ccccc32)[C@@H](c2cc(OCCNCCCF)ccc2C#N)N1CC(F)(F)F. The number of halogens is 4. The molecule has 2 atom stereocenters. The standard InChI is InChI=1S/C27H29F4N3O/c1-18-13-24-22-6-3-2-5-19(22)14-25(24)26(34(18)17-27(29,30)31)23-15-21(8-7-20(23)16-32)35-12-11-33-10-4-9-28/h2-3,5-8,15,18,26,33H,4,9-14,17H2,1H3/t18-,26-/m1/s1. The van der Waals surface area contributed by atoms with Gasteiger partial charge in [-0.25, -0.2) is 0 Å². The summed E-state index contributed by atoms with van der Waals surface area (Å²) in [7, 11) is 0. The van der Waals surface area contributed by atoms with Crippen molar-refractivity contribution in [1.29, 1.82) is 5.26 Å². The number of hydrogen-bond donors (Lipinski definition) is 1. The number of fused-ring (bicyclic) bond motifs is 2. The van der Waals surface area contributed by atoms with E-state index in [1.807, 2.05) is 31.2 Å². The molecule has 1 heterocycles. The molecule has 0 fully saturated rings. The Morgan fingerprint density at radius 3 is 2.71 bits per heavy atom. The molecule has 0 amide bonds. The average Bonchev–Trinajstić information content (AvgIpc) is 3.19. The van der Waals surface area contributed by atoms with Crippen LogP contribution in [0.5, 0.6) is 5.75 Å². The Bertz CT molecular complexity index is 1120. The van der Waals surface area contributed by atoms with Gasteiger partial charge < -0.3 is 10.1 Å². The van der Waals surface area contributed by atoms with Crippen LogP contribution in [0.15, 0.2) is 48.0 Å². The fourth-order valence-corrected chi connectivity index (χ4v) is 5.16. The van der Waals surface area contributed by atoms with Crippen molar-refractivity contribution < 1.29 is 22.3 Å². The van der Waals surface area contributed by atoms with E-state index in [4.69, 9.17) is 4.74 Å². The molecule has 0 radical (unpaired) electrons. The first kappa shape index (κ1) is 25.2. The Labute approximate surface area is 203 Å². The molecule has 2 aromatic carbocycles. The molecule has 1 aliphatic heterocycles. The quantitative estimate of drug-likeness (QED) is 0.370. The summed E-state index contributed by atoms with van der Waals surface area (Å²) >= 11 is 0. The number of nitriles is 1. The third kappa shape index (κ3) is 5.68. The van der Waals surface area contributed by atoms with Crippen LogP contribution in [-0.2, 0) is 6.42 Å². The molecule has 0 aromatic heterocycles. The van der Waals surface area contributed by atoms with Gasteiger partial charge in [0.05, 0.1) is 30.9 Å². The number of ether oxygens (including phenoxy) is 1. The Morgan fingerprint density at radius 2 is 1.97 bits per heavy atom. The zero-order valence-electron chi connectivity index (χ0n) is 19.7. The first-order chi connectivity index (χ1) is 16.8. The number of nitrogens with zero attached hydrogens (tertiary/aromatic N) is 2. The van der Waals surface area contributed by atoms with E-state index in [0.29, 0.717) is 55.8 Å². The van der Waals surface area contributed by atoms with Crippen LogP contribution >= 0.6 is 0 Å². The van der Waals surface area contributed by atoms with E-state index < -0.39 is 18.8 Å². The zero-order valence-corrected chi connectivity index (χ0v) is 19.7. The molecular formula is C27H29F4N3O. The Morgan fingerprint density at radius 1 is 1.17 bits per heavy atom. The van der Waals surface area contributed by atoms with Gasteiger partial charge in [0.25, 0.3) is 0 Å². The molecular weight excluding hydrogens is 458 g/mol. The normalized spacial score (nSPS) is 19.9. The Kier molecular flexibility index (Phi) is 7.78. The van der Waals surface area contributed by atoms with Crippen molar-refractivity contribution >= 4 is 5.57 Å². The minimum atomic E-state index is -4.37. The van der Waals surface area contributed by atoms with Crippen molar-refractivity contribution in [3.05, 3.63) is 70.3 Å². The summed E-state index contributed by atoms with van der Waals surface area (Å²) in [5.74, 6) is 0.495. The zero-order chi connectivity index (χ0) is 25.0. The molecule has 1 N–H and O–H groups in total. The second kappa shape index (κ2) is 10.8. The van der Waals surface area contributed by atoms with Gasteiger partial charge in [-0.1, -0.05) is 24.3 Å². The first-order valence-corrected chi connectivity index (χ1v) is 11.9. The maximum atomic E-state index is 13.7. The summed E-state index contributed by atoms with van der Waals surface area (Å²) in [4.78, 5) is 1.48. The van der Waals surface area contributed by atoms with Crippen molar-refractivity contribution in [3.63, 3.8) is 0 Å². The number of rotatable bonds is 9. The molecule has 1 aliphatic carbocycles. The number of benzene rings is 2. The maximum absolute atomic E-state index is 13.7. The topological polar surface area (TPSA) is 48.3 Å². The van der Waals surface area contributed by atoms with Crippen molar-refractivity contribution in [2.45, 2.75) is 44.4 Å². The van der Waals surface area contributed by atoms with E-state index in [0.717, 1.165) is 22.3 Å². The lowest BCUT2D eigenvalue weighted by Gasteiger charge is -2.42. The van der Waals surface area contributed by atoms with Crippen molar-refractivity contribution in [2.75, 3.05) is 32.9 Å². The molecule has 2 aromatic rings. The molecule has 0 saturated heterocycles. The number of alkyl halides is 4. The lowest BCUT2D eigenvalue weighted by Crippen LogP contribution is -2.46. The van der Waals surface area contributed by atoms with Crippen LogP contribution in [0.3, 0.4) is 0 Å². The van der Waals surface area contributed by atoms with E-state index in [2.05, 4.69) is 11.4 Å². The Balaban J connectivity index is 1.69. The summed E-state index contributed by atoms with van der Waals surface area (Å²) in [6.45, 7) is 1.76. The van der Waals surface area contributed by atoms with Crippen molar-refractivity contribution in [3.8, 4) is 11.8 Å². The summed E-state index contributed by atoms with van der Waals surface area (Å²) in [5, 5.41) is 12.9. The van der Waals surface area contributed by atoms with Crippen LogP contribution in [0.2, 0.25) is 0 Å². The second-order valence-electron chi connectivity index (χ2n) is 9.08. The van der Waals surface area contributed by atoms with Gasteiger partial charge >= 0.3 is 6.18 Å². The highest BCUT2D eigenvalue weighted by Gasteiger charge is 2.44. The molecule has 2 aliphatic rings. The highest BCUT2D eigenvalue weighted by Crippen LogP contribution is 2.50. The third-order valence-corrected chi connectivity index (χ3v) is 6.67. The van der Waals surface area contributed by atoms with Gasteiger partial charge in [0, 0.05) is 12.6 Å². The van der Waals surface area contributed by atoms with Crippen molar-refractivity contribution in [1.82, 2.24) is 10.2 Å². The lowest BCUT2D eigenvalue weighted by atomic mass is 9.83. The van der Waals surface area contributed by atoms with E-state index in [-0.39, 0.29) is 12.7 Å². The molecule has 0 unspecified atom stereocenters. The molecule has 0 bridgehead atoms. The number of nitrogens with one attached hydrogen (secondary N) is 1. The molecule has 186 valence electrons. The van der Waals surface area contributed by atoms with Crippen LogP contribution in [0, 0.1) is 11.3 Å². The van der Waals surface area contributed by atoms with Crippen LogP contribution in [0.1, 0.15) is 48.1 Å². The fraction of sp³-hybridized carbons (Fsp3) is 0.444. The highest BCUT2D eigenvalue weighted by molar-refractivity contribution is 5.79. The molecule has 0 spiro atoms. The fourth-order valence-electron chi connectivity index (χ4n) is 5.16. The van der Waals surface area contributed by atoms with Gasteiger partial charge in [-0.2, -0.15) is 18.4 Å². The van der Waals surface area contributed by atoms with E-state index in [1.165, 1.54) is 4.90 Å². The van der Waals surface area contributed by atoms with Gasteiger partial charge in [0.1, 0.15) is 12.4 Å². The van der Waals surface area contributed by atoms with Gasteiger partial charge in [0.2, 0.25) is 0 Å². The molecule has 4 nitrogen and oxygen atoms in total. The van der Waals surface area contributed by atoms with Crippen LogP contribution < -0.4 is 10.1 Å². The maximum Gasteiger partial charge on any atom is 0.401 e. The predicted molar refractivity (Wildman–Crippen MR) is 127 cm³/mol. The lowest BCUT2D eigenvalue weighted by molar-refractivity contribution is -0.155. The summed E-state index contributed by atoms with van der Waals surface area (Å²) in [5.41, 5.74) is 5.09. The second-order valence-corrected chi connectivity index (χ2v) is 9.08. The third-order valence-electron chi connectivity index (χ3n) is 6.67. The van der Waals surface area contributed by atoms with E-state index in [9.17, 15) is 22.8 Å². The Hall–Kier alpha value is -2.89. The number of hydrogen-bond acceptors (Lipinski definition) is 4. The summed E-state index contributed by atoms with van der Waals surface area (Å²) in [6, 6.07) is 14.1. The van der Waals surface area contributed by atoms with Gasteiger partial charge in [-0.15, -0.1) is 0 Å². The summed E-state index contributed by atoms with van der Waals surface area (Å²) < 4.78 is 59.1. The van der Waals surface area contributed by atoms with Gasteiger partial charge in [-0.05, 0) is 78.8 Å². The summed E-state index contributed by atoms with van der Waals surface area (Å²) in [6.07, 6.45) is -2.86. The smallest absolute Gasteiger partial charge is 0.401 e. The van der Waals surface area contributed by atoms with E-state index >= 15 is 0 Å². The minimum absolute atomic E-state index is 0.324. The van der Waals surface area contributed by atoms with Gasteiger partial charge in [0.15, 0.2) is 0 Å². The van der Waals surface area contributed by atoms with Gasteiger partial charge in [-0.3, -0.25) is 9.29 Å². The molecule has 8 heteroatoms. The monoisotopic (exact) mass is 487 g/mol. The largest absolute Gasteiger partial charge is 0.492 e. The molecule has 0 saturated carbocycles. The van der Waals surface area contributed by atoms with E-state index in [1.54, 1.807) is 18.2 Å². The minimum Gasteiger partial charge on any atom is -0.492 e. The average molecular weight is 488 g/mol. The van der Waals surface area contributed by atoms with Crippen LogP contribution in [0.4, 0.5) is 17.6 Å². The van der Waals surface area contributed by atoms with Crippen molar-refractivity contribution in [2.24, 2.45) is 0 Å². The molecule has 4 rings (SSSR count). The predicted octanol–water partition coefficient (Wildman–Crippen LogP) is 5.59.